The quantitative estimate of drug-likeness (QED) is 0.382. The van der Waals surface area contributed by atoms with E-state index in [0.717, 1.165) is 0 Å². The Morgan fingerprint density at radius 2 is 1.82 bits per heavy atom. The Hall–Kier alpha value is -3.54. The lowest BCUT2D eigenvalue weighted by Gasteiger charge is -2.13. The number of nitrogen functional groups attached to an aromatic ring is 1. The molecule has 0 aliphatic carbocycles. The SMILES string of the molecule is CCOCCOc1ccccc1NC(=O)c1nc(-c2ccc(S(=O)(=O)NC)cc2)cnc1N. The maximum atomic E-state index is 12.9. The molecule has 10 nitrogen and oxygen atoms in total. The van der Waals surface area contributed by atoms with Gasteiger partial charge in [-0.05, 0) is 38.2 Å². The molecule has 4 N–H and O–H groups in total. The zero-order chi connectivity index (χ0) is 23.8. The molecule has 0 aliphatic heterocycles. The first-order chi connectivity index (χ1) is 15.9. The summed E-state index contributed by atoms with van der Waals surface area (Å²) in [6, 6.07) is 13.0. The Kier molecular flexibility index (Phi) is 7.93. The van der Waals surface area contributed by atoms with Crippen LogP contribution in [0.15, 0.2) is 59.6 Å². The monoisotopic (exact) mass is 471 g/mol. The smallest absolute Gasteiger partial charge is 0.278 e. The Bertz CT molecular complexity index is 1220. The van der Waals surface area contributed by atoms with E-state index in [4.69, 9.17) is 15.2 Å². The molecule has 0 radical (unpaired) electrons. The number of rotatable bonds is 10. The number of nitrogens with zero attached hydrogens (tertiary/aromatic N) is 2. The van der Waals surface area contributed by atoms with Crippen molar-refractivity contribution in [1.82, 2.24) is 14.7 Å². The van der Waals surface area contributed by atoms with E-state index >= 15 is 0 Å². The van der Waals surface area contributed by atoms with Gasteiger partial charge in [-0.25, -0.2) is 23.1 Å². The number of carbonyl (C=O) groups excluding carboxylic acids is 1. The minimum absolute atomic E-state index is 0.0413. The number of hydrogen-bond acceptors (Lipinski definition) is 8. The highest BCUT2D eigenvalue weighted by atomic mass is 32.2. The number of aromatic nitrogens is 2. The second-order valence-corrected chi connectivity index (χ2v) is 8.60. The van der Waals surface area contributed by atoms with Crippen molar-refractivity contribution < 1.29 is 22.7 Å². The fourth-order valence-corrected chi connectivity index (χ4v) is 3.59. The van der Waals surface area contributed by atoms with E-state index in [0.29, 0.717) is 42.5 Å². The number of amides is 1. The van der Waals surface area contributed by atoms with Crippen LogP contribution in [-0.2, 0) is 14.8 Å². The fourth-order valence-electron chi connectivity index (χ4n) is 2.86. The molecule has 0 spiro atoms. The van der Waals surface area contributed by atoms with Gasteiger partial charge in [-0.2, -0.15) is 0 Å². The Morgan fingerprint density at radius 1 is 1.09 bits per heavy atom. The highest BCUT2D eigenvalue weighted by Crippen LogP contribution is 2.25. The third-order valence-electron chi connectivity index (χ3n) is 4.57. The van der Waals surface area contributed by atoms with Crippen molar-refractivity contribution >= 4 is 27.4 Å². The summed E-state index contributed by atoms with van der Waals surface area (Å²) < 4.78 is 37.0. The minimum Gasteiger partial charge on any atom is -0.489 e. The molecule has 1 aromatic heterocycles. The van der Waals surface area contributed by atoms with Crippen molar-refractivity contribution in [2.75, 3.05) is 37.9 Å². The molecule has 11 heteroatoms. The van der Waals surface area contributed by atoms with Gasteiger partial charge in [-0.1, -0.05) is 24.3 Å². The first kappa shape index (κ1) is 24.1. The summed E-state index contributed by atoms with van der Waals surface area (Å²) in [6.07, 6.45) is 1.42. The van der Waals surface area contributed by atoms with Gasteiger partial charge in [0.25, 0.3) is 5.91 Å². The van der Waals surface area contributed by atoms with Crippen molar-refractivity contribution in [1.29, 1.82) is 0 Å². The van der Waals surface area contributed by atoms with Gasteiger partial charge in [0, 0.05) is 12.2 Å². The average molecular weight is 472 g/mol. The largest absolute Gasteiger partial charge is 0.489 e. The van der Waals surface area contributed by atoms with E-state index in [1.807, 2.05) is 6.92 Å². The van der Waals surface area contributed by atoms with Crippen LogP contribution in [0.4, 0.5) is 11.5 Å². The molecule has 33 heavy (non-hydrogen) atoms. The molecule has 3 rings (SSSR count). The number of para-hydroxylation sites is 2. The van der Waals surface area contributed by atoms with Crippen LogP contribution >= 0.6 is 0 Å². The number of ether oxygens (including phenoxy) is 2. The van der Waals surface area contributed by atoms with Crippen LogP contribution in [-0.4, -0.2) is 51.2 Å². The number of anilines is 2. The van der Waals surface area contributed by atoms with Crippen molar-refractivity contribution in [3.8, 4) is 17.0 Å². The summed E-state index contributed by atoms with van der Waals surface area (Å²) in [5.74, 6) is -0.118. The first-order valence-corrected chi connectivity index (χ1v) is 11.6. The lowest BCUT2D eigenvalue weighted by molar-refractivity contribution is 0.102. The van der Waals surface area contributed by atoms with Crippen LogP contribution in [0, 0.1) is 0 Å². The number of nitrogens with one attached hydrogen (secondary N) is 2. The molecule has 0 saturated heterocycles. The second-order valence-electron chi connectivity index (χ2n) is 6.72. The standard InChI is InChI=1S/C22H25N5O5S/c1-3-31-12-13-32-19-7-5-4-6-17(19)27-22(28)20-21(23)25-14-18(26-20)15-8-10-16(11-9-15)33(29,30)24-2/h4-11,14,24H,3,12-13H2,1-2H3,(H2,23,25)(H,27,28). The summed E-state index contributed by atoms with van der Waals surface area (Å²) in [5, 5.41) is 2.75. The van der Waals surface area contributed by atoms with E-state index < -0.39 is 15.9 Å². The predicted octanol–water partition coefficient (Wildman–Crippen LogP) is 2.30. The van der Waals surface area contributed by atoms with Crippen LogP contribution in [0.25, 0.3) is 11.3 Å². The van der Waals surface area contributed by atoms with Crippen LogP contribution < -0.4 is 20.5 Å². The van der Waals surface area contributed by atoms with E-state index in [1.165, 1.54) is 25.4 Å². The number of sulfonamides is 1. The summed E-state index contributed by atoms with van der Waals surface area (Å²) in [4.78, 5) is 21.4. The first-order valence-electron chi connectivity index (χ1n) is 10.1. The molecular weight excluding hydrogens is 446 g/mol. The van der Waals surface area contributed by atoms with E-state index in [-0.39, 0.29) is 16.4 Å². The van der Waals surface area contributed by atoms with Crippen molar-refractivity contribution in [2.24, 2.45) is 0 Å². The second kappa shape index (κ2) is 10.9. The third kappa shape index (κ3) is 6.04. The molecule has 0 saturated carbocycles. The molecule has 1 heterocycles. The van der Waals surface area contributed by atoms with Crippen molar-refractivity contribution in [3.63, 3.8) is 0 Å². The lowest BCUT2D eigenvalue weighted by atomic mass is 10.1. The van der Waals surface area contributed by atoms with Gasteiger partial charge in [0.15, 0.2) is 11.5 Å². The summed E-state index contributed by atoms with van der Waals surface area (Å²) in [5.41, 5.74) is 7.23. The molecule has 0 aliphatic rings. The van der Waals surface area contributed by atoms with E-state index in [9.17, 15) is 13.2 Å². The van der Waals surface area contributed by atoms with Gasteiger partial charge in [0.1, 0.15) is 12.4 Å². The molecule has 1 amide bonds. The third-order valence-corrected chi connectivity index (χ3v) is 6.00. The molecule has 0 atom stereocenters. The topological polar surface area (TPSA) is 146 Å². The fraction of sp³-hybridized carbons (Fsp3) is 0.227. The van der Waals surface area contributed by atoms with E-state index in [2.05, 4.69) is 20.0 Å². The van der Waals surface area contributed by atoms with Crippen LogP contribution in [0.2, 0.25) is 0 Å². The molecule has 3 aromatic rings. The van der Waals surface area contributed by atoms with Gasteiger partial charge >= 0.3 is 0 Å². The molecular formula is C22H25N5O5S. The van der Waals surface area contributed by atoms with Gasteiger partial charge < -0.3 is 20.5 Å². The highest BCUT2D eigenvalue weighted by molar-refractivity contribution is 7.89. The van der Waals surface area contributed by atoms with Crippen LogP contribution in [0.1, 0.15) is 17.4 Å². The summed E-state index contributed by atoms with van der Waals surface area (Å²) in [6.45, 7) is 3.24. The van der Waals surface area contributed by atoms with Gasteiger partial charge in [0.2, 0.25) is 10.0 Å². The molecule has 0 unspecified atom stereocenters. The summed E-state index contributed by atoms with van der Waals surface area (Å²) in [7, 11) is -2.23. The molecule has 2 aromatic carbocycles. The zero-order valence-electron chi connectivity index (χ0n) is 18.2. The number of nitrogens with two attached hydrogens (primary N) is 1. The van der Waals surface area contributed by atoms with Crippen molar-refractivity contribution in [2.45, 2.75) is 11.8 Å². The number of benzene rings is 2. The lowest BCUT2D eigenvalue weighted by Crippen LogP contribution is -2.18. The maximum Gasteiger partial charge on any atom is 0.278 e. The Balaban J connectivity index is 1.81. The summed E-state index contributed by atoms with van der Waals surface area (Å²) >= 11 is 0. The average Bonchev–Trinajstić information content (AvgIpc) is 2.83. The maximum absolute atomic E-state index is 12.9. The number of hydrogen-bond donors (Lipinski definition) is 3. The minimum atomic E-state index is -3.56. The normalized spacial score (nSPS) is 11.2. The van der Waals surface area contributed by atoms with Gasteiger partial charge in [-0.15, -0.1) is 0 Å². The van der Waals surface area contributed by atoms with Gasteiger partial charge in [-0.3, -0.25) is 4.79 Å². The predicted molar refractivity (Wildman–Crippen MR) is 125 cm³/mol. The Morgan fingerprint density at radius 3 is 2.52 bits per heavy atom. The molecule has 0 bridgehead atoms. The number of carbonyl (C=O) groups is 1. The molecule has 0 fully saturated rings. The van der Waals surface area contributed by atoms with E-state index in [1.54, 1.807) is 36.4 Å². The van der Waals surface area contributed by atoms with Crippen LogP contribution in [0.3, 0.4) is 0 Å². The molecule has 174 valence electrons. The van der Waals surface area contributed by atoms with Crippen LogP contribution in [0.5, 0.6) is 5.75 Å². The van der Waals surface area contributed by atoms with Gasteiger partial charge in [0.05, 0.1) is 29.1 Å². The highest BCUT2D eigenvalue weighted by Gasteiger charge is 2.17. The Labute approximate surface area is 192 Å². The zero-order valence-corrected chi connectivity index (χ0v) is 19.1. The van der Waals surface area contributed by atoms with Crippen molar-refractivity contribution in [3.05, 3.63) is 60.4 Å².